The minimum absolute atomic E-state index is 0.100. The predicted octanol–water partition coefficient (Wildman–Crippen LogP) is 2.82. The molecule has 1 aliphatic rings. The predicted molar refractivity (Wildman–Crippen MR) is 70.2 cm³/mol. The first-order chi connectivity index (χ1) is 8.17. The second kappa shape index (κ2) is 7.04. The monoisotopic (exact) mass is 258 g/mol. The molecule has 0 heterocycles. The summed E-state index contributed by atoms with van der Waals surface area (Å²) >= 11 is 1.75. The highest BCUT2D eigenvalue weighted by atomic mass is 32.2. The van der Waals surface area contributed by atoms with Crippen LogP contribution in [0.4, 0.5) is 0 Å². The maximum Gasteiger partial charge on any atom is 0.319 e. The van der Waals surface area contributed by atoms with Gasteiger partial charge in [0.25, 0.3) is 0 Å². The number of hydrogen-bond donors (Lipinski definition) is 0. The van der Waals surface area contributed by atoms with Crippen molar-refractivity contribution in [1.29, 1.82) is 0 Å². The second-order valence-corrected chi connectivity index (χ2v) is 5.51. The van der Waals surface area contributed by atoms with Gasteiger partial charge < -0.3 is 4.74 Å². The number of carbonyl (C=O) groups excluding carboxylic acids is 2. The first-order valence-corrected chi connectivity index (χ1v) is 7.76. The van der Waals surface area contributed by atoms with Gasteiger partial charge in [-0.05, 0) is 44.6 Å². The van der Waals surface area contributed by atoms with Gasteiger partial charge in [-0.1, -0.05) is 6.42 Å². The fourth-order valence-corrected chi connectivity index (χ4v) is 2.89. The molecule has 3 nitrogen and oxygen atoms in total. The van der Waals surface area contributed by atoms with E-state index in [4.69, 9.17) is 4.74 Å². The second-order valence-electron chi connectivity index (χ2n) is 4.53. The molecule has 0 aromatic rings. The average Bonchev–Trinajstić information content (AvgIpc) is 2.32. The summed E-state index contributed by atoms with van der Waals surface area (Å²) in [5, 5.41) is 0. The van der Waals surface area contributed by atoms with Crippen LogP contribution in [0.1, 0.15) is 45.4 Å². The Morgan fingerprint density at radius 3 is 2.82 bits per heavy atom. The zero-order valence-corrected chi connectivity index (χ0v) is 11.6. The Hall–Kier alpha value is -0.510. The van der Waals surface area contributed by atoms with Crippen LogP contribution in [0.3, 0.4) is 0 Å². The molecular formula is C13H22O3S. The summed E-state index contributed by atoms with van der Waals surface area (Å²) in [6.45, 7) is 2.15. The highest BCUT2D eigenvalue weighted by molar-refractivity contribution is 7.98. The van der Waals surface area contributed by atoms with Crippen molar-refractivity contribution in [1.82, 2.24) is 0 Å². The molecule has 0 radical (unpaired) electrons. The minimum Gasteiger partial charge on any atom is -0.465 e. The van der Waals surface area contributed by atoms with Gasteiger partial charge in [-0.25, -0.2) is 0 Å². The zero-order valence-electron chi connectivity index (χ0n) is 10.8. The molecule has 0 amide bonds. The van der Waals surface area contributed by atoms with Gasteiger partial charge in [-0.3, -0.25) is 9.59 Å². The first kappa shape index (κ1) is 14.6. The molecule has 0 bridgehead atoms. The van der Waals surface area contributed by atoms with Crippen LogP contribution in [0, 0.1) is 5.41 Å². The summed E-state index contributed by atoms with van der Waals surface area (Å²) in [6.07, 6.45) is 6.71. The summed E-state index contributed by atoms with van der Waals surface area (Å²) in [6, 6.07) is 0. The van der Waals surface area contributed by atoms with Crippen molar-refractivity contribution in [2.24, 2.45) is 5.41 Å². The Bertz CT molecular complexity index is 278. The van der Waals surface area contributed by atoms with Gasteiger partial charge in [0.2, 0.25) is 0 Å². The van der Waals surface area contributed by atoms with Gasteiger partial charge in [0.05, 0.1) is 6.61 Å². The third-order valence-electron chi connectivity index (χ3n) is 3.41. The Labute approximate surface area is 108 Å². The van der Waals surface area contributed by atoms with E-state index >= 15 is 0 Å². The molecule has 0 aromatic heterocycles. The van der Waals surface area contributed by atoms with Crippen molar-refractivity contribution in [2.75, 3.05) is 18.6 Å². The van der Waals surface area contributed by atoms with E-state index in [-0.39, 0.29) is 11.8 Å². The van der Waals surface area contributed by atoms with Crippen molar-refractivity contribution in [3.8, 4) is 0 Å². The maximum atomic E-state index is 12.1. The number of rotatable bonds is 6. The van der Waals surface area contributed by atoms with Crippen LogP contribution < -0.4 is 0 Å². The Kier molecular flexibility index (Phi) is 6.03. The standard InChI is InChI=1S/C13H22O3S/c1-3-16-12(15)13(9-6-10-17-2)8-5-4-7-11(13)14/h3-10H2,1-2H3. The molecule has 1 saturated carbocycles. The molecule has 98 valence electrons. The lowest BCUT2D eigenvalue weighted by molar-refractivity contribution is -0.162. The van der Waals surface area contributed by atoms with E-state index in [9.17, 15) is 9.59 Å². The number of Topliss-reactive ketones (excluding diaryl/α,β-unsaturated/α-hetero) is 1. The number of carbonyl (C=O) groups is 2. The normalized spacial score (nSPS) is 24.7. The van der Waals surface area contributed by atoms with Crippen LogP contribution in [-0.2, 0) is 14.3 Å². The molecule has 1 rings (SSSR count). The molecular weight excluding hydrogens is 236 g/mol. The van der Waals surface area contributed by atoms with Crippen molar-refractivity contribution < 1.29 is 14.3 Å². The lowest BCUT2D eigenvalue weighted by Gasteiger charge is -2.33. The van der Waals surface area contributed by atoms with E-state index in [1.807, 2.05) is 6.26 Å². The Balaban J connectivity index is 2.74. The topological polar surface area (TPSA) is 43.4 Å². The molecule has 0 aromatic carbocycles. The van der Waals surface area contributed by atoms with E-state index in [1.54, 1.807) is 18.7 Å². The summed E-state index contributed by atoms with van der Waals surface area (Å²) in [7, 11) is 0. The molecule has 0 N–H and O–H groups in total. The third-order valence-corrected chi connectivity index (χ3v) is 4.11. The number of ketones is 1. The zero-order chi connectivity index (χ0) is 12.7. The summed E-state index contributed by atoms with van der Waals surface area (Å²) in [4.78, 5) is 24.2. The van der Waals surface area contributed by atoms with E-state index in [1.165, 1.54) is 0 Å². The number of thioether (sulfide) groups is 1. The van der Waals surface area contributed by atoms with Crippen LogP contribution in [0.15, 0.2) is 0 Å². The molecule has 1 aliphatic carbocycles. The molecule has 1 atom stereocenters. The van der Waals surface area contributed by atoms with Gasteiger partial charge in [-0.2, -0.15) is 11.8 Å². The van der Waals surface area contributed by atoms with E-state index in [2.05, 4.69) is 0 Å². The van der Waals surface area contributed by atoms with Gasteiger partial charge in [0, 0.05) is 6.42 Å². The van der Waals surface area contributed by atoms with Gasteiger partial charge >= 0.3 is 5.97 Å². The summed E-state index contributed by atoms with van der Waals surface area (Å²) in [5.74, 6) is 0.808. The number of esters is 1. The fourth-order valence-electron chi connectivity index (χ4n) is 2.46. The quantitative estimate of drug-likeness (QED) is 0.417. The fraction of sp³-hybridized carbons (Fsp3) is 0.846. The van der Waals surface area contributed by atoms with Crippen molar-refractivity contribution >= 4 is 23.5 Å². The third kappa shape index (κ3) is 3.47. The Morgan fingerprint density at radius 1 is 1.47 bits per heavy atom. The lowest BCUT2D eigenvalue weighted by Crippen LogP contribution is -2.43. The lowest BCUT2D eigenvalue weighted by atomic mass is 9.70. The van der Waals surface area contributed by atoms with Crippen LogP contribution in [-0.4, -0.2) is 30.4 Å². The molecule has 0 spiro atoms. The average molecular weight is 258 g/mol. The highest BCUT2D eigenvalue weighted by Crippen LogP contribution is 2.39. The number of hydrogen-bond acceptors (Lipinski definition) is 4. The van der Waals surface area contributed by atoms with Crippen molar-refractivity contribution in [3.63, 3.8) is 0 Å². The summed E-state index contributed by atoms with van der Waals surface area (Å²) in [5.41, 5.74) is -0.815. The van der Waals surface area contributed by atoms with Gasteiger partial charge in [0.15, 0.2) is 0 Å². The van der Waals surface area contributed by atoms with Crippen molar-refractivity contribution in [3.05, 3.63) is 0 Å². The van der Waals surface area contributed by atoms with Gasteiger partial charge in [0.1, 0.15) is 11.2 Å². The molecule has 0 saturated heterocycles. The van der Waals surface area contributed by atoms with E-state index < -0.39 is 5.41 Å². The summed E-state index contributed by atoms with van der Waals surface area (Å²) < 4.78 is 5.12. The largest absolute Gasteiger partial charge is 0.465 e. The minimum atomic E-state index is -0.815. The van der Waals surface area contributed by atoms with Crippen molar-refractivity contribution in [2.45, 2.75) is 45.4 Å². The van der Waals surface area contributed by atoms with E-state index in [0.717, 1.165) is 25.0 Å². The van der Waals surface area contributed by atoms with E-state index in [0.29, 0.717) is 25.9 Å². The molecule has 1 unspecified atom stereocenters. The SMILES string of the molecule is CCOC(=O)C1(CCCSC)CCCCC1=O. The van der Waals surface area contributed by atoms with Gasteiger partial charge in [-0.15, -0.1) is 0 Å². The molecule has 1 fully saturated rings. The highest BCUT2D eigenvalue weighted by Gasteiger charge is 2.47. The maximum absolute atomic E-state index is 12.1. The number of ether oxygens (including phenoxy) is 1. The molecule has 17 heavy (non-hydrogen) atoms. The molecule has 0 aliphatic heterocycles. The Morgan fingerprint density at radius 2 is 2.24 bits per heavy atom. The van der Waals surface area contributed by atoms with Crippen LogP contribution in [0.5, 0.6) is 0 Å². The smallest absolute Gasteiger partial charge is 0.319 e. The first-order valence-electron chi connectivity index (χ1n) is 6.37. The molecule has 4 heteroatoms. The van der Waals surface area contributed by atoms with Crippen LogP contribution in [0.2, 0.25) is 0 Å². The van der Waals surface area contributed by atoms with Crippen LogP contribution >= 0.6 is 11.8 Å². The van der Waals surface area contributed by atoms with Crippen LogP contribution in [0.25, 0.3) is 0 Å².